The summed E-state index contributed by atoms with van der Waals surface area (Å²) in [4.78, 5) is 2.69. The van der Waals surface area contributed by atoms with Crippen molar-refractivity contribution < 1.29 is 0 Å². The maximum Gasteiger partial charge on any atom is 0.108 e. The summed E-state index contributed by atoms with van der Waals surface area (Å²) in [5, 5.41) is 13.1. The average Bonchev–Trinajstić information content (AvgIpc) is 2.93. The van der Waals surface area contributed by atoms with Crippen molar-refractivity contribution in [1.29, 1.82) is 5.26 Å². The topological polar surface area (TPSA) is 39.1 Å². The zero-order chi connectivity index (χ0) is 14.6. The van der Waals surface area contributed by atoms with Gasteiger partial charge in [-0.05, 0) is 63.5 Å². The number of nitrogens with zero attached hydrogens (tertiary/aromatic N) is 2. The molecule has 2 fully saturated rings. The minimum atomic E-state index is -0.263. The fraction of sp³-hybridized carbons (Fsp3) is 0.941. The average molecular weight is 277 g/mol. The van der Waals surface area contributed by atoms with Crippen molar-refractivity contribution in [2.24, 2.45) is 5.41 Å². The van der Waals surface area contributed by atoms with Crippen LogP contribution in [0.5, 0.6) is 0 Å². The van der Waals surface area contributed by atoms with Crippen LogP contribution in [0.15, 0.2) is 0 Å². The van der Waals surface area contributed by atoms with Gasteiger partial charge in [-0.15, -0.1) is 0 Å². The minimum absolute atomic E-state index is 0.263. The van der Waals surface area contributed by atoms with Crippen molar-refractivity contribution in [3.63, 3.8) is 0 Å². The third-order valence-corrected chi connectivity index (χ3v) is 5.94. The first-order valence-electron chi connectivity index (χ1n) is 8.53. The molecule has 0 spiro atoms. The van der Waals surface area contributed by atoms with Crippen LogP contribution in [-0.4, -0.2) is 36.1 Å². The number of likely N-dealkylation sites (tertiary alicyclic amines) is 1. The van der Waals surface area contributed by atoms with Crippen LogP contribution in [0.4, 0.5) is 0 Å². The number of hydrogen-bond acceptors (Lipinski definition) is 3. The molecular weight excluding hydrogens is 246 g/mol. The summed E-state index contributed by atoms with van der Waals surface area (Å²) in [6, 6.07) is 3.20. The van der Waals surface area contributed by atoms with Crippen LogP contribution in [0, 0.1) is 16.7 Å². The molecule has 3 heteroatoms. The molecule has 20 heavy (non-hydrogen) atoms. The highest BCUT2D eigenvalue weighted by Gasteiger charge is 2.42. The van der Waals surface area contributed by atoms with E-state index >= 15 is 0 Å². The predicted octanol–water partition coefficient (Wildman–Crippen LogP) is 3.31. The first-order valence-corrected chi connectivity index (χ1v) is 8.53. The molecule has 0 aromatic heterocycles. The van der Waals surface area contributed by atoms with Gasteiger partial charge in [-0.2, -0.15) is 5.26 Å². The van der Waals surface area contributed by atoms with Crippen molar-refractivity contribution in [1.82, 2.24) is 10.2 Å². The fourth-order valence-electron chi connectivity index (χ4n) is 4.31. The van der Waals surface area contributed by atoms with E-state index in [1.54, 1.807) is 0 Å². The lowest BCUT2D eigenvalue weighted by Gasteiger charge is -2.41. The quantitative estimate of drug-likeness (QED) is 0.838. The molecule has 3 nitrogen and oxygen atoms in total. The second kappa shape index (κ2) is 6.45. The van der Waals surface area contributed by atoms with E-state index in [1.165, 1.54) is 45.2 Å². The molecule has 0 amide bonds. The van der Waals surface area contributed by atoms with E-state index in [1.807, 2.05) is 0 Å². The molecule has 1 aliphatic carbocycles. The molecule has 0 aromatic rings. The SMILES string of the molecule is CCNC1(C#N)CCCC(N2CCC(CC)(CC)C2)C1. The molecule has 2 unspecified atom stereocenters. The Bertz CT molecular complexity index is 352. The van der Waals surface area contributed by atoms with Gasteiger partial charge in [0.1, 0.15) is 5.54 Å². The maximum atomic E-state index is 9.60. The van der Waals surface area contributed by atoms with E-state index < -0.39 is 0 Å². The maximum absolute atomic E-state index is 9.60. The van der Waals surface area contributed by atoms with Crippen molar-refractivity contribution in [2.45, 2.75) is 77.3 Å². The van der Waals surface area contributed by atoms with Gasteiger partial charge in [-0.25, -0.2) is 0 Å². The van der Waals surface area contributed by atoms with E-state index in [4.69, 9.17) is 0 Å². The van der Waals surface area contributed by atoms with E-state index in [0.29, 0.717) is 11.5 Å². The van der Waals surface area contributed by atoms with Gasteiger partial charge < -0.3 is 0 Å². The molecule has 0 bridgehead atoms. The van der Waals surface area contributed by atoms with Crippen LogP contribution in [0.25, 0.3) is 0 Å². The van der Waals surface area contributed by atoms with E-state index in [2.05, 4.69) is 37.1 Å². The van der Waals surface area contributed by atoms with Crippen molar-refractivity contribution in [3.8, 4) is 6.07 Å². The van der Waals surface area contributed by atoms with Crippen LogP contribution in [0.2, 0.25) is 0 Å². The van der Waals surface area contributed by atoms with E-state index in [0.717, 1.165) is 19.4 Å². The lowest BCUT2D eigenvalue weighted by Crippen LogP contribution is -2.52. The second-order valence-corrected chi connectivity index (χ2v) is 6.90. The van der Waals surface area contributed by atoms with Crippen LogP contribution in [0.3, 0.4) is 0 Å². The van der Waals surface area contributed by atoms with Crippen molar-refractivity contribution in [2.75, 3.05) is 19.6 Å². The zero-order valence-electron chi connectivity index (χ0n) is 13.5. The molecule has 1 saturated heterocycles. The molecule has 1 heterocycles. The van der Waals surface area contributed by atoms with Gasteiger partial charge in [0.2, 0.25) is 0 Å². The first kappa shape index (κ1) is 15.8. The molecule has 114 valence electrons. The minimum Gasteiger partial charge on any atom is -0.300 e. The smallest absolute Gasteiger partial charge is 0.108 e. The summed E-state index contributed by atoms with van der Waals surface area (Å²) in [5.74, 6) is 0. The first-order chi connectivity index (χ1) is 9.62. The van der Waals surface area contributed by atoms with Crippen LogP contribution in [0.1, 0.15) is 65.7 Å². The van der Waals surface area contributed by atoms with E-state index in [-0.39, 0.29) is 5.54 Å². The molecule has 1 saturated carbocycles. The summed E-state index contributed by atoms with van der Waals surface area (Å²) in [5.41, 5.74) is 0.284. The van der Waals surface area contributed by atoms with Gasteiger partial charge in [-0.1, -0.05) is 20.8 Å². The molecule has 0 aromatic carbocycles. The summed E-state index contributed by atoms with van der Waals surface area (Å²) in [7, 11) is 0. The molecule has 0 radical (unpaired) electrons. The highest BCUT2D eigenvalue weighted by atomic mass is 15.2. The number of nitrogens with one attached hydrogen (secondary N) is 1. The lowest BCUT2D eigenvalue weighted by atomic mass is 9.78. The highest BCUT2D eigenvalue weighted by molar-refractivity contribution is 5.11. The summed E-state index contributed by atoms with van der Waals surface area (Å²) < 4.78 is 0. The zero-order valence-corrected chi connectivity index (χ0v) is 13.5. The fourth-order valence-corrected chi connectivity index (χ4v) is 4.31. The lowest BCUT2D eigenvalue weighted by molar-refractivity contribution is 0.126. The van der Waals surface area contributed by atoms with Crippen LogP contribution >= 0.6 is 0 Å². The molecule has 1 aliphatic heterocycles. The number of hydrogen-bond donors (Lipinski definition) is 1. The Morgan fingerprint density at radius 1 is 1.25 bits per heavy atom. The van der Waals surface area contributed by atoms with Gasteiger partial charge in [-0.3, -0.25) is 10.2 Å². The van der Waals surface area contributed by atoms with Gasteiger partial charge in [0, 0.05) is 12.6 Å². The van der Waals surface area contributed by atoms with Crippen molar-refractivity contribution in [3.05, 3.63) is 0 Å². The van der Waals surface area contributed by atoms with Gasteiger partial charge in [0.25, 0.3) is 0 Å². The summed E-state index contributed by atoms with van der Waals surface area (Å²) in [6.07, 6.45) is 8.43. The summed E-state index contributed by atoms with van der Waals surface area (Å²) in [6.45, 7) is 10.2. The second-order valence-electron chi connectivity index (χ2n) is 6.90. The monoisotopic (exact) mass is 277 g/mol. The largest absolute Gasteiger partial charge is 0.300 e. The highest BCUT2D eigenvalue weighted by Crippen LogP contribution is 2.41. The van der Waals surface area contributed by atoms with Gasteiger partial charge in [0.15, 0.2) is 0 Å². The molecular formula is C17H31N3. The Morgan fingerprint density at radius 3 is 2.55 bits per heavy atom. The summed E-state index contributed by atoms with van der Waals surface area (Å²) >= 11 is 0. The van der Waals surface area contributed by atoms with Crippen molar-refractivity contribution >= 4 is 0 Å². The molecule has 2 atom stereocenters. The van der Waals surface area contributed by atoms with Gasteiger partial charge in [0.05, 0.1) is 6.07 Å². The Hall–Kier alpha value is -0.590. The normalized spacial score (nSPS) is 34.0. The predicted molar refractivity (Wildman–Crippen MR) is 83.5 cm³/mol. The van der Waals surface area contributed by atoms with Gasteiger partial charge >= 0.3 is 0 Å². The standard InChI is InChI=1S/C17H31N3/c1-4-16(5-2)10-11-20(14-16)15-8-7-9-17(12-15,13-18)19-6-3/h15,19H,4-12,14H2,1-3H3. The Balaban J connectivity index is 2.02. The Kier molecular flexibility index (Phi) is 5.09. The van der Waals surface area contributed by atoms with Crippen LogP contribution in [-0.2, 0) is 0 Å². The van der Waals surface area contributed by atoms with E-state index in [9.17, 15) is 5.26 Å². The third kappa shape index (κ3) is 3.02. The molecule has 2 rings (SSSR count). The third-order valence-electron chi connectivity index (χ3n) is 5.94. The Labute approximate surface area is 124 Å². The number of rotatable bonds is 5. The molecule has 1 N–H and O–H groups in total. The van der Waals surface area contributed by atoms with Crippen LogP contribution < -0.4 is 5.32 Å². The number of nitriles is 1. The molecule has 2 aliphatic rings. The Morgan fingerprint density at radius 2 is 2.00 bits per heavy atom.